The van der Waals surface area contributed by atoms with Gasteiger partial charge in [0.15, 0.2) is 6.10 Å². The van der Waals surface area contributed by atoms with Gasteiger partial charge in [0, 0.05) is 20.3 Å². The summed E-state index contributed by atoms with van der Waals surface area (Å²) in [6.45, 7) is 1.11. The van der Waals surface area contributed by atoms with Crippen molar-refractivity contribution in [1.29, 1.82) is 0 Å². The summed E-state index contributed by atoms with van der Waals surface area (Å²) < 4.78 is 10.0. The van der Waals surface area contributed by atoms with Crippen molar-refractivity contribution in [3.8, 4) is 0 Å². The molecule has 2 unspecified atom stereocenters. The second-order valence-electron chi connectivity index (χ2n) is 3.79. The minimum Gasteiger partial charge on any atom is -0.479 e. The van der Waals surface area contributed by atoms with Crippen molar-refractivity contribution < 1.29 is 24.2 Å². The number of carboxylic acid groups (broad SMARTS) is 1. The molecule has 1 aliphatic rings. The number of aliphatic carboxylic acids is 1. The highest BCUT2D eigenvalue weighted by Crippen LogP contribution is 2.10. The van der Waals surface area contributed by atoms with Crippen LogP contribution < -0.4 is 10.6 Å². The predicted octanol–water partition coefficient (Wildman–Crippen LogP) is -0.436. The highest BCUT2D eigenvalue weighted by atomic mass is 16.5. The van der Waals surface area contributed by atoms with Gasteiger partial charge < -0.3 is 25.2 Å². The first-order chi connectivity index (χ1) is 8.13. The van der Waals surface area contributed by atoms with Gasteiger partial charge in [-0.15, -0.1) is 0 Å². The molecule has 0 spiro atoms. The number of urea groups is 1. The number of methoxy groups -OCH3 is 1. The zero-order chi connectivity index (χ0) is 12.7. The molecule has 7 nitrogen and oxygen atoms in total. The Bertz CT molecular complexity index is 265. The van der Waals surface area contributed by atoms with Crippen LogP contribution in [0.3, 0.4) is 0 Å². The van der Waals surface area contributed by atoms with Crippen molar-refractivity contribution in [2.24, 2.45) is 0 Å². The molecule has 1 aliphatic heterocycles. The summed E-state index contributed by atoms with van der Waals surface area (Å²) in [5.74, 6) is -1.10. The largest absolute Gasteiger partial charge is 0.479 e. The van der Waals surface area contributed by atoms with Crippen LogP contribution in [0.25, 0.3) is 0 Å². The standard InChI is InChI=1S/C10H18N2O5/c1-16-8(9(13)14)6-12-10(15)11-5-7-3-2-4-17-7/h7-8H,2-6H2,1H3,(H,13,14)(H2,11,12,15). The molecule has 0 radical (unpaired) electrons. The molecule has 17 heavy (non-hydrogen) atoms. The van der Waals surface area contributed by atoms with Crippen LogP contribution in [0.4, 0.5) is 4.79 Å². The highest BCUT2D eigenvalue weighted by molar-refractivity contribution is 5.76. The van der Waals surface area contributed by atoms with E-state index in [2.05, 4.69) is 15.4 Å². The van der Waals surface area contributed by atoms with Gasteiger partial charge in [-0.05, 0) is 12.8 Å². The summed E-state index contributed by atoms with van der Waals surface area (Å²) in [6, 6.07) is -0.413. The average molecular weight is 246 g/mol. The number of hydrogen-bond acceptors (Lipinski definition) is 4. The smallest absolute Gasteiger partial charge is 0.334 e. The SMILES string of the molecule is COC(CNC(=O)NCC1CCCO1)C(=O)O. The van der Waals surface area contributed by atoms with Gasteiger partial charge in [-0.25, -0.2) is 9.59 Å². The summed E-state index contributed by atoms with van der Waals surface area (Å²) in [6.07, 6.45) is 0.997. The van der Waals surface area contributed by atoms with Gasteiger partial charge in [-0.2, -0.15) is 0 Å². The summed E-state index contributed by atoms with van der Waals surface area (Å²) >= 11 is 0. The van der Waals surface area contributed by atoms with E-state index in [1.54, 1.807) is 0 Å². The number of amides is 2. The Morgan fingerprint density at radius 1 is 1.53 bits per heavy atom. The van der Waals surface area contributed by atoms with E-state index in [1.165, 1.54) is 7.11 Å². The van der Waals surface area contributed by atoms with E-state index in [0.29, 0.717) is 6.54 Å². The first kappa shape index (κ1) is 13.7. The Kier molecular flexibility index (Phi) is 5.71. The number of nitrogens with one attached hydrogen (secondary N) is 2. The molecular weight excluding hydrogens is 228 g/mol. The Morgan fingerprint density at radius 3 is 2.82 bits per heavy atom. The second-order valence-corrected chi connectivity index (χ2v) is 3.79. The van der Waals surface area contributed by atoms with E-state index in [4.69, 9.17) is 9.84 Å². The fourth-order valence-corrected chi connectivity index (χ4v) is 1.53. The van der Waals surface area contributed by atoms with Gasteiger partial charge >= 0.3 is 12.0 Å². The van der Waals surface area contributed by atoms with E-state index >= 15 is 0 Å². The quantitative estimate of drug-likeness (QED) is 0.590. The maximum Gasteiger partial charge on any atom is 0.334 e. The topological polar surface area (TPSA) is 96.9 Å². The average Bonchev–Trinajstić information content (AvgIpc) is 2.79. The molecule has 0 bridgehead atoms. The molecule has 3 N–H and O–H groups in total. The number of carboxylic acids is 1. The Hall–Kier alpha value is -1.34. The van der Waals surface area contributed by atoms with Gasteiger partial charge in [0.2, 0.25) is 0 Å². The van der Waals surface area contributed by atoms with Crippen LogP contribution in [0.5, 0.6) is 0 Å². The Morgan fingerprint density at radius 2 is 2.29 bits per heavy atom. The molecule has 1 rings (SSSR count). The zero-order valence-electron chi connectivity index (χ0n) is 9.77. The molecule has 0 aromatic heterocycles. The zero-order valence-corrected chi connectivity index (χ0v) is 9.77. The number of ether oxygens (including phenoxy) is 2. The van der Waals surface area contributed by atoms with Crippen molar-refractivity contribution >= 4 is 12.0 Å². The number of carbonyl (C=O) groups is 2. The van der Waals surface area contributed by atoms with Gasteiger partial charge in [0.05, 0.1) is 12.6 Å². The van der Waals surface area contributed by atoms with E-state index in [1.807, 2.05) is 0 Å². The van der Waals surface area contributed by atoms with Gasteiger partial charge in [-0.1, -0.05) is 0 Å². The lowest BCUT2D eigenvalue weighted by atomic mass is 10.2. The molecule has 0 aromatic rings. The summed E-state index contributed by atoms with van der Waals surface area (Å²) in [7, 11) is 1.28. The van der Waals surface area contributed by atoms with Gasteiger partial charge in [-0.3, -0.25) is 0 Å². The number of carbonyl (C=O) groups excluding carboxylic acids is 1. The van der Waals surface area contributed by atoms with E-state index in [-0.39, 0.29) is 12.6 Å². The molecule has 98 valence electrons. The summed E-state index contributed by atoms with van der Waals surface area (Å²) in [4.78, 5) is 21.9. The lowest BCUT2D eigenvalue weighted by molar-refractivity contribution is -0.147. The minimum atomic E-state index is -1.10. The maximum atomic E-state index is 11.3. The monoisotopic (exact) mass is 246 g/mol. The highest BCUT2D eigenvalue weighted by Gasteiger charge is 2.18. The maximum absolute atomic E-state index is 11.3. The second kappa shape index (κ2) is 7.08. The fraction of sp³-hybridized carbons (Fsp3) is 0.800. The molecule has 0 saturated carbocycles. The predicted molar refractivity (Wildman–Crippen MR) is 58.8 cm³/mol. The van der Waals surface area contributed by atoms with Crippen LogP contribution in [-0.2, 0) is 14.3 Å². The van der Waals surface area contributed by atoms with Gasteiger partial charge in [0.1, 0.15) is 0 Å². The molecule has 1 fully saturated rings. The number of hydrogen-bond donors (Lipinski definition) is 3. The van der Waals surface area contributed by atoms with Crippen molar-refractivity contribution in [2.45, 2.75) is 25.0 Å². The first-order valence-corrected chi connectivity index (χ1v) is 5.52. The Balaban J connectivity index is 2.13. The molecule has 0 aromatic carbocycles. The van der Waals surface area contributed by atoms with E-state index in [9.17, 15) is 9.59 Å². The van der Waals surface area contributed by atoms with Gasteiger partial charge in [0.25, 0.3) is 0 Å². The minimum absolute atomic E-state index is 0.0663. The van der Waals surface area contributed by atoms with Crippen molar-refractivity contribution in [1.82, 2.24) is 10.6 Å². The van der Waals surface area contributed by atoms with Crippen LogP contribution >= 0.6 is 0 Å². The Labute approximate surface area is 99.5 Å². The van der Waals surface area contributed by atoms with Crippen LogP contribution in [-0.4, -0.2) is 56.1 Å². The number of rotatable bonds is 6. The molecule has 7 heteroatoms. The summed E-state index contributed by atoms with van der Waals surface area (Å²) in [5, 5.41) is 13.7. The molecule has 2 amide bonds. The molecular formula is C10H18N2O5. The molecule has 1 saturated heterocycles. The first-order valence-electron chi connectivity index (χ1n) is 5.52. The van der Waals surface area contributed by atoms with Crippen molar-refractivity contribution in [3.63, 3.8) is 0 Å². The lowest BCUT2D eigenvalue weighted by Gasteiger charge is -2.14. The van der Waals surface area contributed by atoms with E-state index < -0.39 is 18.1 Å². The van der Waals surface area contributed by atoms with Crippen LogP contribution in [0.1, 0.15) is 12.8 Å². The fourth-order valence-electron chi connectivity index (χ4n) is 1.53. The van der Waals surface area contributed by atoms with Crippen molar-refractivity contribution in [2.75, 3.05) is 26.8 Å². The molecule has 0 aliphatic carbocycles. The third-order valence-corrected chi connectivity index (χ3v) is 2.52. The van der Waals surface area contributed by atoms with Crippen LogP contribution in [0.2, 0.25) is 0 Å². The van der Waals surface area contributed by atoms with Crippen LogP contribution in [0.15, 0.2) is 0 Å². The van der Waals surface area contributed by atoms with Crippen LogP contribution in [0, 0.1) is 0 Å². The lowest BCUT2D eigenvalue weighted by Crippen LogP contribution is -2.44. The molecule has 2 atom stereocenters. The molecule has 1 heterocycles. The third kappa shape index (κ3) is 5.01. The third-order valence-electron chi connectivity index (χ3n) is 2.52. The normalized spacial score (nSPS) is 20.9. The van der Waals surface area contributed by atoms with Crippen molar-refractivity contribution in [3.05, 3.63) is 0 Å². The summed E-state index contributed by atoms with van der Waals surface area (Å²) in [5.41, 5.74) is 0. The van der Waals surface area contributed by atoms with E-state index in [0.717, 1.165) is 19.4 Å².